The first-order valence-corrected chi connectivity index (χ1v) is 8.61. The number of rotatable bonds is 5. The van der Waals surface area contributed by atoms with Crippen LogP contribution in [0.4, 0.5) is 5.69 Å². The molecule has 27 heavy (non-hydrogen) atoms. The molecule has 0 amide bonds. The molecule has 134 valence electrons. The molecule has 4 heteroatoms. The van der Waals surface area contributed by atoms with E-state index in [2.05, 4.69) is 18.0 Å². The standard InChI is InChI=1S/C23H21N3O/c1-14-10-20(11-22(15(14)2)23(25)19-8-9-27-13-19)26-17(4)21-7-5-6-18(12-24)16(21)3/h5-11,13,25-26H,4H2,1-3H3. The van der Waals surface area contributed by atoms with Crippen LogP contribution in [0.15, 0.2) is 59.9 Å². The third kappa shape index (κ3) is 3.54. The van der Waals surface area contributed by atoms with Crippen LogP contribution in [-0.2, 0) is 0 Å². The van der Waals surface area contributed by atoms with Crippen LogP contribution < -0.4 is 5.32 Å². The second kappa shape index (κ2) is 7.35. The van der Waals surface area contributed by atoms with Gasteiger partial charge in [-0.1, -0.05) is 18.7 Å². The largest absolute Gasteiger partial charge is 0.472 e. The monoisotopic (exact) mass is 355 g/mol. The van der Waals surface area contributed by atoms with Gasteiger partial charge in [-0.2, -0.15) is 5.26 Å². The second-order valence-corrected chi connectivity index (χ2v) is 6.55. The highest BCUT2D eigenvalue weighted by Crippen LogP contribution is 2.27. The molecule has 0 spiro atoms. The highest BCUT2D eigenvalue weighted by molar-refractivity contribution is 6.12. The molecule has 0 bridgehead atoms. The molecule has 3 aromatic rings. The molecular formula is C23H21N3O. The Morgan fingerprint density at radius 1 is 1.11 bits per heavy atom. The summed E-state index contributed by atoms with van der Waals surface area (Å²) >= 11 is 0. The van der Waals surface area contributed by atoms with Crippen LogP contribution in [0.25, 0.3) is 5.70 Å². The first-order valence-electron chi connectivity index (χ1n) is 8.61. The Balaban J connectivity index is 1.96. The molecule has 2 N–H and O–H groups in total. The van der Waals surface area contributed by atoms with Crippen LogP contribution in [0, 0.1) is 37.5 Å². The van der Waals surface area contributed by atoms with Crippen molar-refractivity contribution in [2.75, 3.05) is 5.32 Å². The van der Waals surface area contributed by atoms with Crippen molar-refractivity contribution in [2.24, 2.45) is 0 Å². The van der Waals surface area contributed by atoms with E-state index in [1.165, 1.54) is 0 Å². The van der Waals surface area contributed by atoms with E-state index in [1.54, 1.807) is 24.7 Å². The van der Waals surface area contributed by atoms with Gasteiger partial charge in [0.05, 0.1) is 29.9 Å². The van der Waals surface area contributed by atoms with Gasteiger partial charge in [0.25, 0.3) is 0 Å². The van der Waals surface area contributed by atoms with Crippen LogP contribution in [0.2, 0.25) is 0 Å². The highest BCUT2D eigenvalue weighted by atomic mass is 16.3. The molecule has 0 atom stereocenters. The lowest BCUT2D eigenvalue weighted by molar-refractivity contribution is 0.567. The lowest BCUT2D eigenvalue weighted by atomic mass is 9.95. The third-order valence-corrected chi connectivity index (χ3v) is 4.82. The Kier molecular flexibility index (Phi) is 4.96. The zero-order valence-electron chi connectivity index (χ0n) is 15.7. The van der Waals surface area contributed by atoms with Gasteiger partial charge in [-0.15, -0.1) is 0 Å². The van der Waals surface area contributed by atoms with Crippen molar-refractivity contribution in [3.63, 3.8) is 0 Å². The highest BCUT2D eigenvalue weighted by Gasteiger charge is 2.13. The van der Waals surface area contributed by atoms with Crippen molar-refractivity contribution in [3.05, 3.63) is 94.4 Å². The Bertz CT molecular complexity index is 1070. The van der Waals surface area contributed by atoms with Gasteiger partial charge >= 0.3 is 0 Å². The van der Waals surface area contributed by atoms with E-state index in [-0.39, 0.29) is 0 Å². The van der Waals surface area contributed by atoms with Crippen molar-refractivity contribution >= 4 is 17.1 Å². The smallest absolute Gasteiger partial charge is 0.0996 e. The molecular weight excluding hydrogens is 334 g/mol. The Hall–Kier alpha value is -3.58. The molecule has 1 aromatic heterocycles. The normalized spacial score (nSPS) is 10.3. The van der Waals surface area contributed by atoms with Crippen molar-refractivity contribution < 1.29 is 4.42 Å². The Morgan fingerprint density at radius 2 is 1.89 bits per heavy atom. The quantitative estimate of drug-likeness (QED) is 0.587. The van der Waals surface area contributed by atoms with Crippen LogP contribution in [0.1, 0.15) is 38.9 Å². The van der Waals surface area contributed by atoms with E-state index in [0.29, 0.717) is 17.0 Å². The summed E-state index contributed by atoms with van der Waals surface area (Å²) in [5.41, 5.74) is 8.14. The zero-order chi connectivity index (χ0) is 19.6. The molecule has 0 fully saturated rings. The van der Waals surface area contributed by atoms with E-state index < -0.39 is 0 Å². The van der Waals surface area contributed by atoms with Gasteiger partial charge in [-0.3, -0.25) is 5.41 Å². The Morgan fingerprint density at radius 3 is 2.56 bits per heavy atom. The molecule has 0 aliphatic carbocycles. The van der Waals surface area contributed by atoms with Crippen LogP contribution in [-0.4, -0.2) is 5.71 Å². The molecule has 0 saturated carbocycles. The number of aryl methyl sites for hydroxylation is 1. The molecule has 0 aliphatic rings. The number of furan rings is 1. The minimum atomic E-state index is 0.418. The molecule has 0 radical (unpaired) electrons. The number of nitriles is 1. The van der Waals surface area contributed by atoms with E-state index >= 15 is 0 Å². The predicted molar refractivity (Wildman–Crippen MR) is 109 cm³/mol. The number of anilines is 1. The number of benzene rings is 2. The van der Waals surface area contributed by atoms with Crippen LogP contribution in [0.3, 0.4) is 0 Å². The van der Waals surface area contributed by atoms with Gasteiger partial charge in [0.2, 0.25) is 0 Å². The first-order chi connectivity index (χ1) is 12.9. The van der Waals surface area contributed by atoms with Crippen molar-refractivity contribution in [2.45, 2.75) is 20.8 Å². The minimum absolute atomic E-state index is 0.418. The average molecular weight is 355 g/mol. The summed E-state index contributed by atoms with van der Waals surface area (Å²) < 4.78 is 5.12. The molecule has 3 rings (SSSR count). The van der Waals surface area contributed by atoms with Gasteiger partial charge < -0.3 is 9.73 Å². The number of nitrogens with one attached hydrogen (secondary N) is 2. The number of nitrogens with zero attached hydrogens (tertiary/aromatic N) is 1. The molecule has 2 aromatic carbocycles. The van der Waals surface area contributed by atoms with Crippen molar-refractivity contribution in [1.29, 1.82) is 10.7 Å². The molecule has 0 aliphatic heterocycles. The Labute approximate surface area is 159 Å². The van der Waals surface area contributed by atoms with Crippen LogP contribution >= 0.6 is 0 Å². The van der Waals surface area contributed by atoms with E-state index in [4.69, 9.17) is 9.83 Å². The van der Waals surface area contributed by atoms with Crippen molar-refractivity contribution in [1.82, 2.24) is 0 Å². The summed E-state index contributed by atoms with van der Waals surface area (Å²) in [6, 6.07) is 13.6. The molecule has 4 nitrogen and oxygen atoms in total. The SMILES string of the molecule is C=C(Nc1cc(C)c(C)c(C(=N)c2ccoc2)c1)c1cccc(C#N)c1C. The van der Waals surface area contributed by atoms with Gasteiger partial charge in [0, 0.05) is 28.1 Å². The van der Waals surface area contributed by atoms with E-state index in [9.17, 15) is 5.26 Å². The lowest BCUT2D eigenvalue weighted by Gasteiger charge is -2.17. The summed E-state index contributed by atoms with van der Waals surface area (Å²) in [7, 11) is 0. The maximum atomic E-state index is 9.24. The summed E-state index contributed by atoms with van der Waals surface area (Å²) in [5, 5.41) is 21.1. The molecule has 0 unspecified atom stereocenters. The summed E-state index contributed by atoms with van der Waals surface area (Å²) in [5.74, 6) is 0. The van der Waals surface area contributed by atoms with Crippen LogP contribution in [0.5, 0.6) is 0 Å². The van der Waals surface area contributed by atoms with E-state index in [1.807, 2.05) is 45.0 Å². The third-order valence-electron chi connectivity index (χ3n) is 4.82. The maximum absolute atomic E-state index is 9.24. The fourth-order valence-electron chi connectivity index (χ4n) is 3.08. The predicted octanol–water partition coefficient (Wildman–Crippen LogP) is 5.58. The fraction of sp³-hybridized carbons (Fsp3) is 0.130. The topological polar surface area (TPSA) is 72.8 Å². The van der Waals surface area contributed by atoms with Gasteiger partial charge in [-0.05, 0) is 61.7 Å². The summed E-state index contributed by atoms with van der Waals surface area (Å²) in [4.78, 5) is 0. The summed E-state index contributed by atoms with van der Waals surface area (Å²) in [6.07, 6.45) is 3.15. The molecule has 0 saturated heterocycles. The first kappa shape index (κ1) is 18.2. The van der Waals surface area contributed by atoms with Gasteiger partial charge in [0.15, 0.2) is 0 Å². The van der Waals surface area contributed by atoms with Gasteiger partial charge in [0.1, 0.15) is 0 Å². The average Bonchev–Trinajstić information content (AvgIpc) is 3.18. The minimum Gasteiger partial charge on any atom is -0.472 e. The second-order valence-electron chi connectivity index (χ2n) is 6.55. The maximum Gasteiger partial charge on any atom is 0.0996 e. The number of hydrogen-bond donors (Lipinski definition) is 2. The number of hydrogen-bond acceptors (Lipinski definition) is 4. The fourth-order valence-corrected chi connectivity index (χ4v) is 3.08. The zero-order valence-corrected chi connectivity index (χ0v) is 15.7. The summed E-state index contributed by atoms with van der Waals surface area (Å²) in [6.45, 7) is 10.1. The lowest BCUT2D eigenvalue weighted by Crippen LogP contribution is -2.07. The van der Waals surface area contributed by atoms with Crippen molar-refractivity contribution in [3.8, 4) is 6.07 Å². The molecule has 1 heterocycles. The van der Waals surface area contributed by atoms with E-state index in [0.717, 1.165) is 39.1 Å². The van der Waals surface area contributed by atoms with Gasteiger partial charge in [-0.25, -0.2) is 0 Å².